The van der Waals surface area contributed by atoms with Gasteiger partial charge < -0.3 is 14.3 Å². The normalized spacial score (nSPS) is 18.2. The molecule has 61 heavy (non-hydrogen) atoms. The van der Waals surface area contributed by atoms with E-state index in [1.165, 1.54) is 133 Å². The highest BCUT2D eigenvalue weighted by Crippen LogP contribution is 2.52. The highest BCUT2D eigenvalue weighted by molar-refractivity contribution is 6.73. The first-order valence-electron chi connectivity index (χ1n) is 23.5. The minimum atomic E-state index is -0.105. The molecular formula is C57H67BN2O. The van der Waals surface area contributed by atoms with Gasteiger partial charge in [0.1, 0.15) is 5.58 Å². The lowest BCUT2D eigenvalue weighted by Crippen LogP contribution is -2.37. The molecule has 0 atom stereocenters. The minimum Gasteiger partial charge on any atom is -0.469 e. The third kappa shape index (κ3) is 6.35. The number of unbranched alkanes of at least 4 members (excludes halogenated alkanes) is 2. The lowest BCUT2D eigenvalue weighted by atomic mass is 9.60. The molecule has 2 aliphatic carbocycles. The molecule has 0 saturated heterocycles. The van der Waals surface area contributed by atoms with Gasteiger partial charge in [0.2, 0.25) is 7.28 Å². The van der Waals surface area contributed by atoms with Gasteiger partial charge in [0.25, 0.3) is 0 Å². The van der Waals surface area contributed by atoms with Gasteiger partial charge in [0, 0.05) is 38.6 Å². The maximum absolute atomic E-state index is 7.20. The molecule has 3 aliphatic rings. The second-order valence-corrected chi connectivity index (χ2v) is 23.0. The fraction of sp³-hybridized carbons (Fsp3) is 0.439. The fourth-order valence-electron chi connectivity index (χ4n) is 11.6. The zero-order valence-corrected chi connectivity index (χ0v) is 39.2. The van der Waals surface area contributed by atoms with Crippen molar-refractivity contribution in [1.29, 1.82) is 0 Å². The van der Waals surface area contributed by atoms with Crippen molar-refractivity contribution in [3.8, 4) is 16.8 Å². The Balaban J connectivity index is 1.27. The van der Waals surface area contributed by atoms with Crippen molar-refractivity contribution in [3.63, 3.8) is 0 Å². The van der Waals surface area contributed by atoms with Crippen LogP contribution in [0.3, 0.4) is 0 Å². The van der Waals surface area contributed by atoms with Gasteiger partial charge in [0.15, 0.2) is 0 Å². The molecule has 0 saturated carbocycles. The van der Waals surface area contributed by atoms with Crippen LogP contribution < -0.4 is 16.4 Å². The predicted octanol–water partition coefficient (Wildman–Crippen LogP) is 14.4. The lowest BCUT2D eigenvalue weighted by molar-refractivity contribution is 0.332. The summed E-state index contributed by atoms with van der Waals surface area (Å²) in [6.07, 6.45) is 9.62. The summed E-state index contributed by atoms with van der Waals surface area (Å²) in [6, 6.07) is 31.1. The van der Waals surface area contributed by atoms with E-state index in [2.05, 4.69) is 172 Å². The summed E-state index contributed by atoms with van der Waals surface area (Å²) in [5, 5.41) is 8.00. The predicted molar refractivity (Wildman–Crippen MR) is 265 cm³/mol. The van der Waals surface area contributed by atoms with Gasteiger partial charge in [-0.1, -0.05) is 132 Å². The van der Waals surface area contributed by atoms with Crippen LogP contribution in [0.15, 0.2) is 83.3 Å². The first-order chi connectivity index (χ1) is 28.8. The van der Waals surface area contributed by atoms with E-state index in [4.69, 9.17) is 4.42 Å². The molecule has 0 unspecified atom stereocenters. The quantitative estimate of drug-likeness (QED) is 0.128. The molecule has 2 aromatic heterocycles. The average molecular weight is 807 g/mol. The lowest BCUT2D eigenvalue weighted by Gasteiger charge is -2.42. The Labute approximate surface area is 366 Å². The summed E-state index contributed by atoms with van der Waals surface area (Å²) < 4.78 is 9.82. The molecule has 1 aliphatic heterocycles. The third-order valence-corrected chi connectivity index (χ3v) is 15.7. The molecule has 3 nitrogen and oxygen atoms in total. The van der Waals surface area contributed by atoms with Crippen molar-refractivity contribution in [2.75, 3.05) is 5.32 Å². The van der Waals surface area contributed by atoms with Crippen molar-refractivity contribution in [3.05, 3.63) is 112 Å². The van der Waals surface area contributed by atoms with Gasteiger partial charge in [-0.15, -0.1) is 0 Å². The first kappa shape index (κ1) is 40.4. The van der Waals surface area contributed by atoms with Crippen molar-refractivity contribution in [2.24, 2.45) is 0 Å². The second kappa shape index (κ2) is 13.7. The second-order valence-electron chi connectivity index (χ2n) is 23.0. The third-order valence-electron chi connectivity index (χ3n) is 15.7. The Morgan fingerprint density at radius 3 is 1.92 bits per heavy atom. The number of hydrogen-bond donors (Lipinski definition) is 1. The Hall–Kier alpha value is -4.70. The number of hydrogen-bond acceptors (Lipinski definition) is 2. The van der Waals surface area contributed by atoms with E-state index in [1.807, 2.05) is 0 Å². The number of nitrogens with zero attached hydrogens (tertiary/aromatic N) is 1. The van der Waals surface area contributed by atoms with Gasteiger partial charge in [-0.05, 0) is 152 Å². The standard InChI is InChI=1S/C57H67BN2O/c1-13-14-15-18-34-21-23-35(24-22-34)59-45-32-42-40(54(5,6)25-27-56(42,9)10)29-37(45)38-30-44(53(2,3)4)48-36-19-16-17-20-46(36)60-50-39-31-41-43(57(11,12)28-26-55(41,7)8)33-47(39)61-52(50)58-49(38)51(48)60/h16-17,19-24,29-33,58-59H,13-15,18,25-28H2,1-12H3. The maximum Gasteiger partial charge on any atom is 0.244 e. The van der Waals surface area contributed by atoms with Gasteiger partial charge in [-0.25, -0.2) is 0 Å². The highest BCUT2D eigenvalue weighted by Gasteiger charge is 2.41. The van der Waals surface area contributed by atoms with Gasteiger partial charge in [0.05, 0.1) is 16.9 Å². The van der Waals surface area contributed by atoms with Crippen LogP contribution in [-0.2, 0) is 33.5 Å². The van der Waals surface area contributed by atoms with Crippen molar-refractivity contribution >= 4 is 62.6 Å². The largest absolute Gasteiger partial charge is 0.469 e. The number of para-hydroxylation sites is 1. The smallest absolute Gasteiger partial charge is 0.244 e. The van der Waals surface area contributed by atoms with Gasteiger partial charge in [-0.2, -0.15) is 0 Å². The number of furan rings is 1. The zero-order valence-electron chi connectivity index (χ0n) is 39.2. The number of nitrogens with one attached hydrogen (secondary N) is 1. The van der Waals surface area contributed by atoms with Crippen LogP contribution in [0.2, 0.25) is 0 Å². The summed E-state index contributed by atoms with van der Waals surface area (Å²) in [4.78, 5) is 0. The maximum atomic E-state index is 7.20. The van der Waals surface area contributed by atoms with Crippen molar-refractivity contribution in [2.45, 2.75) is 162 Å². The molecule has 0 amide bonds. The molecule has 0 radical (unpaired) electrons. The summed E-state index contributed by atoms with van der Waals surface area (Å²) in [5.74, 6) is 0. The molecule has 0 fully saturated rings. The molecule has 5 aromatic carbocycles. The molecule has 1 N–H and O–H groups in total. The van der Waals surface area contributed by atoms with Crippen LogP contribution in [0.1, 0.15) is 161 Å². The molecule has 10 rings (SSSR count). The van der Waals surface area contributed by atoms with Crippen LogP contribution in [0.5, 0.6) is 0 Å². The fourth-order valence-corrected chi connectivity index (χ4v) is 11.6. The van der Waals surface area contributed by atoms with E-state index in [9.17, 15) is 0 Å². The monoisotopic (exact) mass is 807 g/mol. The number of aromatic nitrogens is 1. The van der Waals surface area contributed by atoms with E-state index < -0.39 is 0 Å². The van der Waals surface area contributed by atoms with E-state index >= 15 is 0 Å². The summed E-state index contributed by atoms with van der Waals surface area (Å²) in [6.45, 7) is 29.0. The molecule has 4 heteroatoms. The Morgan fingerprint density at radius 2 is 1.28 bits per heavy atom. The molecular weight excluding hydrogens is 739 g/mol. The SMILES string of the molecule is CCCCCc1ccc(Nc2cc3c(cc2-c2cc(C(C)(C)C)c4c5ccccc5n5c4c2Bc2oc4cc6c(cc4c2-5)C(C)(C)CCC6(C)C)C(C)(C)CCC3(C)C)cc1. The number of anilines is 2. The molecule has 0 spiro atoms. The van der Waals surface area contributed by atoms with Gasteiger partial charge >= 0.3 is 0 Å². The van der Waals surface area contributed by atoms with Crippen LogP contribution in [-0.4, -0.2) is 11.8 Å². The zero-order chi connectivity index (χ0) is 43.0. The topological polar surface area (TPSA) is 30.1 Å². The molecule has 314 valence electrons. The van der Waals surface area contributed by atoms with E-state index in [0.29, 0.717) is 0 Å². The van der Waals surface area contributed by atoms with Crippen LogP contribution in [0.4, 0.5) is 11.4 Å². The summed E-state index contributed by atoms with van der Waals surface area (Å²) in [5.41, 5.74) is 21.1. The summed E-state index contributed by atoms with van der Waals surface area (Å²) in [7, 11) is 0.742. The Kier molecular flexibility index (Phi) is 9.04. The van der Waals surface area contributed by atoms with E-state index in [-0.39, 0.29) is 27.1 Å². The molecule has 0 bridgehead atoms. The number of aryl methyl sites for hydroxylation is 1. The Bertz CT molecular complexity index is 2900. The number of rotatable bonds is 7. The van der Waals surface area contributed by atoms with Crippen LogP contribution in [0.25, 0.3) is 49.6 Å². The summed E-state index contributed by atoms with van der Waals surface area (Å²) >= 11 is 0. The van der Waals surface area contributed by atoms with Crippen molar-refractivity contribution < 1.29 is 4.42 Å². The minimum absolute atomic E-state index is 0.0634. The highest BCUT2D eigenvalue weighted by atomic mass is 16.3. The number of benzene rings is 5. The molecule has 7 aromatic rings. The van der Waals surface area contributed by atoms with Crippen molar-refractivity contribution in [1.82, 2.24) is 4.57 Å². The van der Waals surface area contributed by atoms with Gasteiger partial charge in [-0.3, -0.25) is 0 Å². The Morgan fingerprint density at radius 1 is 0.672 bits per heavy atom. The first-order valence-corrected chi connectivity index (χ1v) is 23.5. The molecule has 3 heterocycles. The average Bonchev–Trinajstić information content (AvgIpc) is 3.74. The van der Waals surface area contributed by atoms with E-state index in [1.54, 1.807) is 0 Å². The van der Waals surface area contributed by atoms with E-state index in [0.717, 1.165) is 30.6 Å². The van der Waals surface area contributed by atoms with Crippen LogP contribution in [0, 0.1) is 0 Å². The van der Waals surface area contributed by atoms with Crippen LogP contribution >= 0.6 is 0 Å². The number of fused-ring (bicyclic) bond motifs is 9.